The van der Waals surface area contributed by atoms with Crippen LogP contribution in [-0.4, -0.2) is 45.4 Å². The highest BCUT2D eigenvalue weighted by atomic mass is 31.2. The van der Waals surface area contributed by atoms with Gasteiger partial charge in [0.2, 0.25) is 7.37 Å². The van der Waals surface area contributed by atoms with E-state index < -0.39 is 55.5 Å². The molecule has 0 fully saturated rings. The molecule has 0 radical (unpaired) electrons. The van der Waals surface area contributed by atoms with Crippen molar-refractivity contribution in [1.82, 2.24) is 0 Å². The standard InChI is InChI=1S/C13H17O8P/c1-21-13(18)7-11(22(19,20)5-4-12(16)17)8-2-3-9(14)10(15)6-8/h2-3,6,11,14-15H,4-5,7H2,1H3,(H,16,17)(H,19,20). The molecule has 1 rings (SSSR count). The van der Waals surface area contributed by atoms with Crippen LogP contribution < -0.4 is 0 Å². The summed E-state index contributed by atoms with van der Waals surface area (Å²) < 4.78 is 16.9. The largest absolute Gasteiger partial charge is 0.504 e. The van der Waals surface area contributed by atoms with E-state index in [4.69, 9.17) is 5.11 Å². The Morgan fingerprint density at radius 1 is 1.27 bits per heavy atom. The van der Waals surface area contributed by atoms with Crippen molar-refractivity contribution >= 4 is 19.3 Å². The third-order valence-corrected chi connectivity index (χ3v) is 5.42. The zero-order chi connectivity index (χ0) is 16.9. The molecular weight excluding hydrogens is 315 g/mol. The molecule has 2 atom stereocenters. The highest BCUT2D eigenvalue weighted by Gasteiger charge is 2.35. The van der Waals surface area contributed by atoms with E-state index in [0.29, 0.717) is 0 Å². The number of aromatic hydroxyl groups is 2. The van der Waals surface area contributed by atoms with Crippen LogP contribution in [0, 0.1) is 0 Å². The number of phenols is 2. The lowest BCUT2D eigenvalue weighted by Gasteiger charge is -2.22. The summed E-state index contributed by atoms with van der Waals surface area (Å²) >= 11 is 0. The molecular formula is C13H17O8P. The van der Waals surface area contributed by atoms with E-state index in [1.807, 2.05) is 0 Å². The second-order valence-electron chi connectivity index (χ2n) is 4.67. The van der Waals surface area contributed by atoms with Crippen LogP contribution in [0.2, 0.25) is 0 Å². The first-order valence-electron chi connectivity index (χ1n) is 6.29. The number of phenolic OH excluding ortho intramolecular Hbond substituents is 2. The van der Waals surface area contributed by atoms with E-state index in [1.54, 1.807) is 0 Å². The summed E-state index contributed by atoms with van der Waals surface area (Å²) in [5.41, 5.74) is -1.09. The molecule has 0 saturated heterocycles. The third-order valence-electron chi connectivity index (χ3n) is 3.10. The minimum atomic E-state index is -4.05. The molecule has 4 N–H and O–H groups in total. The molecule has 0 amide bonds. The zero-order valence-corrected chi connectivity index (χ0v) is 12.7. The topological polar surface area (TPSA) is 141 Å². The lowest BCUT2D eigenvalue weighted by Crippen LogP contribution is -2.12. The van der Waals surface area contributed by atoms with Gasteiger partial charge in [-0.1, -0.05) is 6.07 Å². The highest BCUT2D eigenvalue weighted by molar-refractivity contribution is 7.58. The van der Waals surface area contributed by atoms with E-state index in [1.165, 1.54) is 6.07 Å². The van der Waals surface area contributed by atoms with Crippen molar-refractivity contribution in [1.29, 1.82) is 0 Å². The summed E-state index contributed by atoms with van der Waals surface area (Å²) in [6.07, 6.45) is -1.50. The van der Waals surface area contributed by atoms with Gasteiger partial charge in [-0.15, -0.1) is 0 Å². The molecule has 9 heteroatoms. The summed E-state index contributed by atoms with van der Waals surface area (Å²) in [4.78, 5) is 32.2. The van der Waals surface area contributed by atoms with Gasteiger partial charge in [0, 0.05) is 6.16 Å². The Morgan fingerprint density at radius 3 is 2.41 bits per heavy atom. The lowest BCUT2D eigenvalue weighted by atomic mass is 10.1. The predicted octanol–water partition coefficient (Wildman–Crippen LogP) is 1.45. The Morgan fingerprint density at radius 2 is 1.91 bits per heavy atom. The van der Waals surface area contributed by atoms with Crippen LogP contribution in [0.4, 0.5) is 0 Å². The average molecular weight is 332 g/mol. The number of rotatable bonds is 7. The first kappa shape index (κ1) is 18.0. The van der Waals surface area contributed by atoms with Crippen molar-refractivity contribution in [3.05, 3.63) is 23.8 Å². The van der Waals surface area contributed by atoms with Gasteiger partial charge in [-0.2, -0.15) is 0 Å². The third kappa shape index (κ3) is 4.75. The van der Waals surface area contributed by atoms with Crippen LogP contribution in [0.3, 0.4) is 0 Å². The summed E-state index contributed by atoms with van der Waals surface area (Å²) in [5.74, 6) is -2.91. The number of carbonyl (C=O) groups is 2. The maximum absolute atomic E-state index is 12.4. The Balaban J connectivity index is 3.16. The van der Waals surface area contributed by atoms with E-state index in [0.717, 1.165) is 19.2 Å². The van der Waals surface area contributed by atoms with Crippen molar-refractivity contribution in [2.45, 2.75) is 18.5 Å². The average Bonchev–Trinajstić information content (AvgIpc) is 2.45. The number of esters is 1. The maximum Gasteiger partial charge on any atom is 0.306 e. The molecule has 0 spiro atoms. The minimum Gasteiger partial charge on any atom is -0.504 e. The molecule has 2 unspecified atom stereocenters. The fourth-order valence-electron chi connectivity index (χ4n) is 1.89. The molecule has 0 heterocycles. The molecule has 0 aliphatic rings. The number of aliphatic carboxylic acids is 1. The van der Waals surface area contributed by atoms with Gasteiger partial charge in [0.15, 0.2) is 11.5 Å². The van der Waals surface area contributed by atoms with Gasteiger partial charge in [-0.25, -0.2) is 0 Å². The summed E-state index contributed by atoms with van der Waals surface area (Å²) in [6.45, 7) is 0. The second-order valence-corrected chi connectivity index (χ2v) is 7.25. The second kappa shape index (κ2) is 7.29. The molecule has 0 aromatic heterocycles. The molecule has 0 aliphatic heterocycles. The van der Waals surface area contributed by atoms with E-state index in [2.05, 4.69) is 4.74 Å². The molecule has 122 valence electrons. The molecule has 8 nitrogen and oxygen atoms in total. The quantitative estimate of drug-likeness (QED) is 0.334. The smallest absolute Gasteiger partial charge is 0.306 e. The van der Waals surface area contributed by atoms with Crippen molar-refractivity contribution < 1.29 is 39.1 Å². The lowest BCUT2D eigenvalue weighted by molar-refractivity contribution is -0.140. The van der Waals surface area contributed by atoms with Crippen LogP contribution in [0.5, 0.6) is 11.5 Å². The molecule has 0 bridgehead atoms. The van der Waals surface area contributed by atoms with Crippen LogP contribution in [0.15, 0.2) is 18.2 Å². The van der Waals surface area contributed by atoms with Gasteiger partial charge < -0.3 is 24.9 Å². The fourth-order valence-corrected chi connectivity index (χ4v) is 3.78. The van der Waals surface area contributed by atoms with E-state index in [-0.39, 0.29) is 5.56 Å². The number of carboxylic acids is 1. The SMILES string of the molecule is COC(=O)CC(c1ccc(O)c(O)c1)P(=O)(O)CCC(=O)O. The normalized spacial score (nSPS) is 14.8. The Kier molecular flexibility index (Phi) is 5.96. The predicted molar refractivity (Wildman–Crippen MR) is 76.1 cm³/mol. The number of hydrogen-bond donors (Lipinski definition) is 4. The Bertz CT molecular complexity index is 612. The molecule has 0 saturated carbocycles. The number of carbonyl (C=O) groups excluding carboxylic acids is 1. The van der Waals surface area contributed by atoms with Crippen LogP contribution >= 0.6 is 7.37 Å². The van der Waals surface area contributed by atoms with Crippen LogP contribution in [-0.2, 0) is 18.9 Å². The van der Waals surface area contributed by atoms with Crippen molar-refractivity contribution in [3.63, 3.8) is 0 Å². The molecule has 1 aromatic rings. The first-order chi connectivity index (χ1) is 10.2. The van der Waals surface area contributed by atoms with Crippen molar-refractivity contribution in [2.24, 2.45) is 0 Å². The van der Waals surface area contributed by atoms with Gasteiger partial charge >= 0.3 is 11.9 Å². The Hall–Kier alpha value is -2.05. The number of carboxylic acid groups (broad SMARTS) is 1. The van der Waals surface area contributed by atoms with Gasteiger partial charge in [0.1, 0.15) is 0 Å². The van der Waals surface area contributed by atoms with Crippen LogP contribution in [0.25, 0.3) is 0 Å². The van der Waals surface area contributed by atoms with E-state index in [9.17, 15) is 29.3 Å². The first-order valence-corrected chi connectivity index (χ1v) is 8.20. The monoisotopic (exact) mass is 332 g/mol. The maximum atomic E-state index is 12.4. The Labute approximate surface area is 126 Å². The zero-order valence-electron chi connectivity index (χ0n) is 11.8. The number of hydrogen-bond acceptors (Lipinski definition) is 6. The van der Waals surface area contributed by atoms with Crippen LogP contribution in [0.1, 0.15) is 24.1 Å². The van der Waals surface area contributed by atoms with Crippen molar-refractivity contribution in [3.8, 4) is 11.5 Å². The summed E-state index contributed by atoms with van der Waals surface area (Å²) in [5, 5.41) is 27.4. The van der Waals surface area contributed by atoms with E-state index >= 15 is 0 Å². The number of methoxy groups -OCH3 is 1. The highest BCUT2D eigenvalue weighted by Crippen LogP contribution is 2.58. The van der Waals surface area contributed by atoms with Gasteiger partial charge in [0.05, 0.1) is 25.6 Å². The fraction of sp³-hybridized carbons (Fsp3) is 0.385. The molecule has 0 aliphatic carbocycles. The summed E-state index contributed by atoms with van der Waals surface area (Å²) in [7, 11) is -2.94. The van der Waals surface area contributed by atoms with Gasteiger partial charge in [0.25, 0.3) is 0 Å². The molecule has 22 heavy (non-hydrogen) atoms. The number of ether oxygens (including phenoxy) is 1. The molecule has 1 aromatic carbocycles. The van der Waals surface area contributed by atoms with Gasteiger partial charge in [-0.3, -0.25) is 14.2 Å². The number of benzene rings is 1. The van der Waals surface area contributed by atoms with Gasteiger partial charge in [-0.05, 0) is 17.7 Å². The van der Waals surface area contributed by atoms with Crippen molar-refractivity contribution in [2.75, 3.05) is 13.3 Å². The minimum absolute atomic E-state index is 0.136. The summed E-state index contributed by atoms with van der Waals surface area (Å²) in [6, 6.07) is 3.46.